The molecule has 1 aromatic rings. The molecular formula is C11H12O2S. The van der Waals surface area contributed by atoms with Crippen LogP contribution in [0.1, 0.15) is 17.0 Å². The van der Waals surface area contributed by atoms with Crippen molar-refractivity contribution in [2.24, 2.45) is 0 Å². The highest BCUT2D eigenvalue weighted by molar-refractivity contribution is 8.00. The second-order valence-electron chi connectivity index (χ2n) is 3.50. The van der Waals surface area contributed by atoms with Crippen LogP contribution in [0.5, 0.6) is 0 Å². The molecule has 0 aromatic heterocycles. The lowest BCUT2D eigenvalue weighted by Crippen LogP contribution is -2.18. The summed E-state index contributed by atoms with van der Waals surface area (Å²) >= 11 is 1.92. The van der Waals surface area contributed by atoms with E-state index >= 15 is 0 Å². The number of thioether (sulfide) groups is 1. The fourth-order valence-electron chi connectivity index (χ4n) is 1.67. The Labute approximate surface area is 87.3 Å². The maximum Gasteiger partial charge on any atom is 0.307 e. The van der Waals surface area contributed by atoms with E-state index < -0.39 is 5.97 Å². The van der Waals surface area contributed by atoms with E-state index in [1.54, 1.807) is 0 Å². The Morgan fingerprint density at radius 2 is 2.14 bits per heavy atom. The van der Waals surface area contributed by atoms with Crippen LogP contribution in [0.4, 0.5) is 0 Å². The molecule has 74 valence electrons. The summed E-state index contributed by atoms with van der Waals surface area (Å²) in [5.74, 6) is 2.10. The fourth-order valence-corrected chi connectivity index (χ4v) is 2.50. The summed E-state index contributed by atoms with van der Waals surface area (Å²) in [7, 11) is 0. The van der Waals surface area contributed by atoms with Crippen molar-refractivity contribution in [3.8, 4) is 0 Å². The number of carbonyl (C=O) groups is 1. The van der Waals surface area contributed by atoms with Crippen LogP contribution in [0.15, 0.2) is 24.3 Å². The van der Waals surface area contributed by atoms with Crippen molar-refractivity contribution >= 4 is 17.7 Å². The number of rotatable bonds is 3. The molecule has 2 nitrogen and oxygen atoms in total. The third-order valence-corrected chi connectivity index (χ3v) is 3.75. The van der Waals surface area contributed by atoms with Crippen molar-refractivity contribution < 1.29 is 9.90 Å². The molecule has 0 saturated carbocycles. The number of hydrogen-bond donors (Lipinski definition) is 1. The highest BCUT2D eigenvalue weighted by Crippen LogP contribution is 2.35. The topological polar surface area (TPSA) is 37.3 Å². The number of benzene rings is 1. The van der Waals surface area contributed by atoms with Gasteiger partial charge in [0.25, 0.3) is 0 Å². The Balaban J connectivity index is 2.23. The fraction of sp³-hybridized carbons (Fsp3) is 0.364. The van der Waals surface area contributed by atoms with Crippen molar-refractivity contribution in [1.29, 1.82) is 0 Å². The van der Waals surface area contributed by atoms with Gasteiger partial charge in [-0.3, -0.25) is 4.79 Å². The van der Waals surface area contributed by atoms with E-state index in [1.807, 2.05) is 30.0 Å². The van der Waals surface area contributed by atoms with Gasteiger partial charge in [0.1, 0.15) is 0 Å². The van der Waals surface area contributed by atoms with E-state index in [2.05, 4.69) is 6.07 Å². The zero-order chi connectivity index (χ0) is 9.97. The molecular weight excluding hydrogens is 196 g/mol. The molecule has 0 atom stereocenters. The molecule has 1 saturated heterocycles. The predicted molar refractivity (Wildman–Crippen MR) is 57.8 cm³/mol. The van der Waals surface area contributed by atoms with Gasteiger partial charge in [0.15, 0.2) is 0 Å². The lowest BCUT2D eigenvalue weighted by molar-refractivity contribution is -0.136. The molecule has 1 aromatic carbocycles. The van der Waals surface area contributed by atoms with E-state index in [1.165, 1.54) is 5.56 Å². The minimum absolute atomic E-state index is 0.150. The van der Waals surface area contributed by atoms with Gasteiger partial charge in [0.05, 0.1) is 6.42 Å². The van der Waals surface area contributed by atoms with E-state index in [9.17, 15) is 4.79 Å². The predicted octanol–water partition coefficient (Wildman–Crippen LogP) is 2.14. The molecule has 2 rings (SSSR count). The Morgan fingerprint density at radius 3 is 2.71 bits per heavy atom. The first-order chi connectivity index (χ1) is 6.77. The summed E-state index contributed by atoms with van der Waals surface area (Å²) in [5, 5.41) is 8.76. The number of carboxylic acid groups (broad SMARTS) is 1. The first-order valence-corrected chi connectivity index (χ1v) is 5.80. The molecule has 0 aliphatic carbocycles. The van der Waals surface area contributed by atoms with Gasteiger partial charge in [-0.05, 0) is 11.1 Å². The third-order valence-electron chi connectivity index (χ3n) is 2.47. The lowest BCUT2D eigenvalue weighted by Gasteiger charge is -2.27. The van der Waals surface area contributed by atoms with Crippen LogP contribution >= 0.6 is 11.8 Å². The summed E-state index contributed by atoms with van der Waals surface area (Å²) < 4.78 is 0. The molecule has 1 aliphatic rings. The molecule has 0 spiro atoms. The Kier molecular flexibility index (Phi) is 2.77. The Bertz CT molecular complexity index is 345. The second kappa shape index (κ2) is 4.05. The molecule has 1 heterocycles. The standard InChI is InChI=1S/C11H12O2S/c12-11(13)5-8-3-1-2-4-10(8)9-6-14-7-9/h1-4,9H,5-7H2,(H,12,13). The molecule has 14 heavy (non-hydrogen) atoms. The van der Waals surface area contributed by atoms with Crippen LogP contribution in [0.3, 0.4) is 0 Å². The van der Waals surface area contributed by atoms with Gasteiger partial charge in [0, 0.05) is 17.4 Å². The first-order valence-electron chi connectivity index (χ1n) is 4.64. The Morgan fingerprint density at radius 1 is 1.43 bits per heavy atom. The first kappa shape index (κ1) is 9.59. The highest BCUT2D eigenvalue weighted by Gasteiger charge is 2.22. The van der Waals surface area contributed by atoms with Crippen molar-refractivity contribution in [3.63, 3.8) is 0 Å². The number of aliphatic carboxylic acids is 1. The maximum atomic E-state index is 10.6. The van der Waals surface area contributed by atoms with Crippen LogP contribution in [0.25, 0.3) is 0 Å². The lowest BCUT2D eigenvalue weighted by atomic mass is 9.95. The molecule has 0 unspecified atom stereocenters. The van der Waals surface area contributed by atoms with Crippen molar-refractivity contribution in [3.05, 3.63) is 35.4 Å². The van der Waals surface area contributed by atoms with E-state index in [0.717, 1.165) is 17.1 Å². The zero-order valence-corrected chi connectivity index (χ0v) is 8.59. The number of hydrogen-bond acceptors (Lipinski definition) is 2. The molecule has 1 aliphatic heterocycles. The largest absolute Gasteiger partial charge is 0.481 e. The molecule has 1 N–H and O–H groups in total. The summed E-state index contributed by atoms with van der Waals surface area (Å²) in [5.41, 5.74) is 2.21. The van der Waals surface area contributed by atoms with Gasteiger partial charge >= 0.3 is 5.97 Å². The molecule has 0 amide bonds. The summed E-state index contributed by atoms with van der Waals surface area (Å²) in [6.45, 7) is 0. The quantitative estimate of drug-likeness (QED) is 0.827. The molecule has 0 bridgehead atoms. The van der Waals surface area contributed by atoms with Gasteiger partial charge in [-0.25, -0.2) is 0 Å². The van der Waals surface area contributed by atoms with Gasteiger partial charge in [-0.1, -0.05) is 24.3 Å². The summed E-state index contributed by atoms with van der Waals surface area (Å²) in [6.07, 6.45) is 0.150. The minimum atomic E-state index is -0.746. The monoisotopic (exact) mass is 208 g/mol. The second-order valence-corrected chi connectivity index (χ2v) is 4.58. The normalized spacial score (nSPS) is 16.3. The van der Waals surface area contributed by atoms with Crippen molar-refractivity contribution in [2.75, 3.05) is 11.5 Å². The van der Waals surface area contributed by atoms with Crippen LogP contribution in [0, 0.1) is 0 Å². The van der Waals surface area contributed by atoms with Crippen molar-refractivity contribution in [1.82, 2.24) is 0 Å². The maximum absolute atomic E-state index is 10.6. The van der Waals surface area contributed by atoms with Crippen molar-refractivity contribution in [2.45, 2.75) is 12.3 Å². The minimum Gasteiger partial charge on any atom is -0.481 e. The summed E-state index contributed by atoms with van der Waals surface area (Å²) in [4.78, 5) is 10.6. The summed E-state index contributed by atoms with van der Waals surface area (Å²) in [6, 6.07) is 7.88. The van der Waals surface area contributed by atoms with Crippen LogP contribution in [-0.2, 0) is 11.2 Å². The van der Waals surface area contributed by atoms with Gasteiger partial charge in [0.2, 0.25) is 0 Å². The average molecular weight is 208 g/mol. The average Bonchev–Trinajstić information content (AvgIpc) is 2.04. The van der Waals surface area contributed by atoms with E-state index in [4.69, 9.17) is 5.11 Å². The highest BCUT2D eigenvalue weighted by atomic mass is 32.2. The van der Waals surface area contributed by atoms with E-state index in [-0.39, 0.29) is 6.42 Å². The Hall–Kier alpha value is -0.960. The SMILES string of the molecule is O=C(O)Cc1ccccc1C1CSC1. The molecule has 3 heteroatoms. The van der Waals surface area contributed by atoms with Crippen LogP contribution < -0.4 is 0 Å². The third kappa shape index (κ3) is 1.93. The zero-order valence-electron chi connectivity index (χ0n) is 7.77. The smallest absolute Gasteiger partial charge is 0.307 e. The van der Waals surface area contributed by atoms with Crippen LogP contribution in [0.2, 0.25) is 0 Å². The number of carboxylic acids is 1. The van der Waals surface area contributed by atoms with Gasteiger partial charge in [-0.2, -0.15) is 11.8 Å². The molecule has 1 fully saturated rings. The van der Waals surface area contributed by atoms with Gasteiger partial charge < -0.3 is 5.11 Å². The van der Waals surface area contributed by atoms with Gasteiger partial charge in [-0.15, -0.1) is 0 Å². The van der Waals surface area contributed by atoms with E-state index in [0.29, 0.717) is 5.92 Å². The molecule has 0 radical (unpaired) electrons. The van der Waals surface area contributed by atoms with Crippen LogP contribution in [-0.4, -0.2) is 22.6 Å².